The van der Waals surface area contributed by atoms with Crippen molar-refractivity contribution in [1.29, 1.82) is 0 Å². The van der Waals surface area contributed by atoms with Gasteiger partial charge in [0, 0.05) is 12.4 Å². The second kappa shape index (κ2) is 4.87. The van der Waals surface area contributed by atoms with E-state index in [2.05, 4.69) is 15.1 Å². The molecular formula is C14H8N4OS2. The zero-order valence-electron chi connectivity index (χ0n) is 10.6. The molecule has 21 heavy (non-hydrogen) atoms. The minimum Gasteiger partial charge on any atom is -0.266 e. The number of fused-ring (bicyclic) bond motifs is 1. The summed E-state index contributed by atoms with van der Waals surface area (Å²) >= 11 is 2.89. The monoisotopic (exact) mass is 312 g/mol. The highest BCUT2D eigenvalue weighted by atomic mass is 32.1. The van der Waals surface area contributed by atoms with Crippen LogP contribution >= 0.6 is 22.7 Å². The zero-order chi connectivity index (χ0) is 14.2. The molecule has 0 bridgehead atoms. The predicted octanol–water partition coefficient (Wildman–Crippen LogP) is 1.82. The molecule has 0 N–H and O–H groups in total. The minimum absolute atomic E-state index is 0.144. The first-order valence-electron chi connectivity index (χ1n) is 6.16. The maximum Gasteiger partial charge on any atom is 0.291 e. The lowest BCUT2D eigenvalue weighted by molar-refractivity contribution is 0.938. The van der Waals surface area contributed by atoms with Gasteiger partial charge in [0.1, 0.15) is 0 Å². The van der Waals surface area contributed by atoms with Crippen LogP contribution in [0, 0.1) is 0 Å². The van der Waals surface area contributed by atoms with Gasteiger partial charge in [-0.1, -0.05) is 23.5 Å². The predicted molar refractivity (Wildman–Crippen MR) is 83.5 cm³/mol. The second-order valence-corrected chi connectivity index (χ2v) is 6.27. The molecule has 0 fully saturated rings. The van der Waals surface area contributed by atoms with E-state index >= 15 is 0 Å². The van der Waals surface area contributed by atoms with E-state index in [1.54, 1.807) is 29.8 Å². The quantitative estimate of drug-likeness (QED) is 0.566. The van der Waals surface area contributed by atoms with Crippen LogP contribution in [0.2, 0.25) is 0 Å². The number of pyridine rings is 1. The van der Waals surface area contributed by atoms with Gasteiger partial charge in [0.2, 0.25) is 4.96 Å². The average Bonchev–Trinajstić information content (AvgIpc) is 3.20. The molecule has 0 aliphatic carbocycles. The Bertz CT molecular complexity index is 1000. The molecular weight excluding hydrogens is 304 g/mol. The van der Waals surface area contributed by atoms with Gasteiger partial charge in [-0.25, -0.2) is 0 Å². The van der Waals surface area contributed by atoms with Gasteiger partial charge in [0.05, 0.1) is 9.41 Å². The molecule has 102 valence electrons. The summed E-state index contributed by atoms with van der Waals surface area (Å²) in [6.45, 7) is 0. The Hall–Kier alpha value is -2.38. The number of rotatable bonds is 2. The molecule has 0 aliphatic heterocycles. The van der Waals surface area contributed by atoms with Crippen molar-refractivity contribution in [2.45, 2.75) is 0 Å². The summed E-state index contributed by atoms with van der Waals surface area (Å²) in [5, 5.41) is 6.26. The van der Waals surface area contributed by atoms with E-state index in [4.69, 9.17) is 0 Å². The Morgan fingerprint density at radius 3 is 2.90 bits per heavy atom. The lowest BCUT2D eigenvalue weighted by atomic mass is 10.3. The van der Waals surface area contributed by atoms with Crippen LogP contribution in [0.15, 0.2) is 46.8 Å². The molecule has 0 spiro atoms. The van der Waals surface area contributed by atoms with Gasteiger partial charge >= 0.3 is 0 Å². The molecule has 0 aliphatic rings. The summed E-state index contributed by atoms with van der Waals surface area (Å²) in [4.78, 5) is 22.4. The van der Waals surface area contributed by atoms with Crippen LogP contribution in [0.3, 0.4) is 0 Å². The van der Waals surface area contributed by atoms with Crippen LogP contribution in [0.1, 0.15) is 5.56 Å². The summed E-state index contributed by atoms with van der Waals surface area (Å²) in [6.07, 6.45) is 5.22. The van der Waals surface area contributed by atoms with Gasteiger partial charge in [-0.15, -0.1) is 16.4 Å². The summed E-state index contributed by atoms with van der Waals surface area (Å²) in [5.41, 5.74) is 0.742. The normalized spacial score (nSPS) is 12.3. The number of nitrogens with zero attached hydrogens (tertiary/aromatic N) is 4. The Kier molecular flexibility index (Phi) is 2.87. The Morgan fingerprint density at radius 1 is 1.24 bits per heavy atom. The van der Waals surface area contributed by atoms with Crippen molar-refractivity contribution in [1.82, 2.24) is 19.6 Å². The first-order valence-corrected chi connectivity index (χ1v) is 7.86. The van der Waals surface area contributed by atoms with Crippen LogP contribution in [-0.2, 0) is 0 Å². The number of thiazole rings is 1. The molecule has 4 aromatic rings. The van der Waals surface area contributed by atoms with Crippen molar-refractivity contribution in [3.8, 4) is 10.7 Å². The van der Waals surface area contributed by atoms with Crippen LogP contribution < -0.4 is 10.1 Å². The number of hydrogen-bond donors (Lipinski definition) is 0. The molecule has 0 aromatic carbocycles. The third kappa shape index (κ3) is 2.16. The van der Waals surface area contributed by atoms with Crippen molar-refractivity contribution >= 4 is 33.7 Å². The highest BCUT2D eigenvalue weighted by Gasteiger charge is 2.12. The molecule has 0 radical (unpaired) electrons. The summed E-state index contributed by atoms with van der Waals surface area (Å²) in [5.74, 6) is 0.598. The van der Waals surface area contributed by atoms with E-state index in [1.165, 1.54) is 15.9 Å². The first-order chi connectivity index (χ1) is 10.3. The largest absolute Gasteiger partial charge is 0.291 e. The lowest BCUT2D eigenvalue weighted by Gasteiger charge is -1.87. The highest BCUT2D eigenvalue weighted by Crippen LogP contribution is 2.21. The molecule has 4 heterocycles. The third-order valence-corrected chi connectivity index (χ3v) is 4.73. The Balaban J connectivity index is 1.87. The van der Waals surface area contributed by atoms with E-state index in [-0.39, 0.29) is 5.56 Å². The van der Waals surface area contributed by atoms with Crippen molar-refractivity contribution in [3.05, 3.63) is 62.5 Å². The highest BCUT2D eigenvalue weighted by molar-refractivity contribution is 7.15. The molecule has 5 nitrogen and oxygen atoms in total. The summed E-state index contributed by atoms with van der Waals surface area (Å²) in [6, 6.07) is 7.62. The molecule has 0 amide bonds. The maximum absolute atomic E-state index is 12.3. The molecule has 0 saturated carbocycles. The summed E-state index contributed by atoms with van der Waals surface area (Å²) in [7, 11) is 0. The number of aromatic nitrogens is 4. The SMILES string of the molecule is O=c1/c(=C/c2cccnc2)sc2nc(-c3cccs3)nn12. The van der Waals surface area contributed by atoms with Crippen molar-refractivity contribution in [2.75, 3.05) is 0 Å². The minimum atomic E-state index is -0.144. The third-order valence-electron chi connectivity index (χ3n) is 2.91. The average molecular weight is 312 g/mol. The molecule has 4 aromatic heterocycles. The fourth-order valence-electron chi connectivity index (χ4n) is 1.96. The second-order valence-electron chi connectivity index (χ2n) is 4.31. The fourth-order valence-corrected chi connectivity index (χ4v) is 3.52. The number of hydrogen-bond acceptors (Lipinski definition) is 6. The van der Waals surface area contributed by atoms with E-state index in [1.807, 2.05) is 29.6 Å². The Morgan fingerprint density at radius 2 is 2.19 bits per heavy atom. The van der Waals surface area contributed by atoms with Gasteiger partial charge in [-0.2, -0.15) is 9.50 Å². The topological polar surface area (TPSA) is 60.2 Å². The van der Waals surface area contributed by atoms with Crippen LogP contribution in [0.25, 0.3) is 21.7 Å². The fraction of sp³-hybridized carbons (Fsp3) is 0. The molecule has 0 atom stereocenters. The van der Waals surface area contributed by atoms with E-state index < -0.39 is 0 Å². The zero-order valence-corrected chi connectivity index (χ0v) is 12.3. The summed E-state index contributed by atoms with van der Waals surface area (Å²) < 4.78 is 1.97. The molecule has 0 unspecified atom stereocenters. The number of thiophene rings is 1. The lowest BCUT2D eigenvalue weighted by Crippen LogP contribution is -2.23. The van der Waals surface area contributed by atoms with Gasteiger partial charge in [-0.3, -0.25) is 9.78 Å². The van der Waals surface area contributed by atoms with Gasteiger partial charge in [0.15, 0.2) is 5.82 Å². The van der Waals surface area contributed by atoms with Crippen molar-refractivity contribution in [3.63, 3.8) is 0 Å². The van der Waals surface area contributed by atoms with E-state index in [0.29, 0.717) is 15.3 Å². The Labute approximate surface area is 126 Å². The molecule has 0 saturated heterocycles. The van der Waals surface area contributed by atoms with E-state index in [9.17, 15) is 4.79 Å². The smallest absolute Gasteiger partial charge is 0.266 e. The van der Waals surface area contributed by atoms with Crippen LogP contribution in [0.5, 0.6) is 0 Å². The van der Waals surface area contributed by atoms with Crippen molar-refractivity contribution < 1.29 is 0 Å². The van der Waals surface area contributed by atoms with Crippen LogP contribution in [0.4, 0.5) is 0 Å². The first kappa shape index (κ1) is 12.4. The van der Waals surface area contributed by atoms with Crippen LogP contribution in [-0.4, -0.2) is 19.6 Å². The standard InChI is InChI=1S/C14H8N4OS2/c19-13-11(7-9-3-1-5-15-8-9)21-14-16-12(17-18(13)14)10-4-2-6-20-10/h1-8H/b11-7-. The molecule has 4 rings (SSSR count). The molecule has 7 heteroatoms. The van der Waals surface area contributed by atoms with Gasteiger partial charge < -0.3 is 0 Å². The van der Waals surface area contributed by atoms with Gasteiger partial charge in [0.25, 0.3) is 5.56 Å². The maximum atomic E-state index is 12.3. The van der Waals surface area contributed by atoms with Gasteiger partial charge in [-0.05, 0) is 29.2 Å². The van der Waals surface area contributed by atoms with Crippen molar-refractivity contribution in [2.24, 2.45) is 0 Å². The van der Waals surface area contributed by atoms with E-state index in [0.717, 1.165) is 10.4 Å².